The molecular formula is C7H15N2O3S+. The topological polar surface area (TPSA) is 66.7 Å². The SMILES string of the molecule is C[N+](C)(C)C[C@@H](CC(=O)O)SN=O. The first-order chi connectivity index (χ1) is 5.85. The highest BCUT2D eigenvalue weighted by Gasteiger charge is 2.22. The molecule has 1 atom stereocenters. The van der Waals surface area contributed by atoms with Crippen molar-refractivity contribution in [1.82, 2.24) is 0 Å². The second-order valence-corrected chi connectivity index (χ2v) is 4.90. The van der Waals surface area contributed by atoms with Crippen LogP contribution in [0.3, 0.4) is 0 Å². The monoisotopic (exact) mass is 207 g/mol. The van der Waals surface area contributed by atoms with Crippen molar-refractivity contribution in [3.05, 3.63) is 4.91 Å². The molecular weight excluding hydrogens is 192 g/mol. The lowest BCUT2D eigenvalue weighted by atomic mass is 10.3. The second-order valence-electron chi connectivity index (χ2n) is 3.87. The van der Waals surface area contributed by atoms with Gasteiger partial charge in [-0.25, -0.2) is 0 Å². The van der Waals surface area contributed by atoms with E-state index >= 15 is 0 Å². The van der Waals surface area contributed by atoms with Gasteiger partial charge in [0.25, 0.3) is 0 Å². The van der Waals surface area contributed by atoms with Crippen LogP contribution in [0.2, 0.25) is 0 Å². The van der Waals surface area contributed by atoms with E-state index in [9.17, 15) is 9.70 Å². The Balaban J connectivity index is 4.09. The Kier molecular flexibility index (Phi) is 4.94. The third kappa shape index (κ3) is 7.73. The van der Waals surface area contributed by atoms with E-state index in [1.807, 2.05) is 21.1 Å². The van der Waals surface area contributed by atoms with Crippen molar-refractivity contribution in [2.45, 2.75) is 11.7 Å². The summed E-state index contributed by atoms with van der Waals surface area (Å²) < 4.78 is 3.29. The Labute approximate surface area is 81.8 Å². The smallest absolute Gasteiger partial charge is 0.304 e. The molecule has 0 rings (SSSR count). The summed E-state index contributed by atoms with van der Waals surface area (Å²) in [4.78, 5) is 20.4. The van der Waals surface area contributed by atoms with Crippen LogP contribution in [-0.4, -0.2) is 48.5 Å². The fraction of sp³-hybridized carbons (Fsp3) is 0.857. The first-order valence-corrected chi connectivity index (χ1v) is 4.69. The first kappa shape index (κ1) is 12.4. The van der Waals surface area contributed by atoms with Gasteiger partial charge in [0.05, 0.1) is 39.4 Å². The van der Waals surface area contributed by atoms with Gasteiger partial charge in [0.2, 0.25) is 0 Å². The molecule has 5 nitrogen and oxygen atoms in total. The fourth-order valence-corrected chi connectivity index (χ4v) is 1.85. The van der Waals surface area contributed by atoms with Gasteiger partial charge in [-0.05, 0) is 0 Å². The Morgan fingerprint density at radius 1 is 1.54 bits per heavy atom. The van der Waals surface area contributed by atoms with Crippen LogP contribution in [0.1, 0.15) is 6.42 Å². The van der Waals surface area contributed by atoms with E-state index in [2.05, 4.69) is 4.58 Å². The normalized spacial score (nSPS) is 13.8. The minimum Gasteiger partial charge on any atom is -0.481 e. The summed E-state index contributed by atoms with van der Waals surface area (Å²) in [6, 6.07) is 0. The third-order valence-corrected chi connectivity index (χ3v) is 2.05. The summed E-state index contributed by atoms with van der Waals surface area (Å²) in [7, 11) is 5.83. The molecule has 0 aromatic heterocycles. The van der Waals surface area contributed by atoms with Crippen LogP contribution in [0.25, 0.3) is 0 Å². The molecule has 0 saturated heterocycles. The zero-order valence-corrected chi connectivity index (χ0v) is 8.87. The lowest BCUT2D eigenvalue weighted by Gasteiger charge is -2.26. The summed E-state index contributed by atoms with van der Waals surface area (Å²) >= 11 is 0.805. The number of nitroso groups, excluding NO2 is 1. The molecule has 0 amide bonds. The van der Waals surface area contributed by atoms with Crippen molar-refractivity contribution in [3.8, 4) is 0 Å². The molecule has 0 bridgehead atoms. The van der Waals surface area contributed by atoms with Crippen molar-refractivity contribution in [1.29, 1.82) is 0 Å². The van der Waals surface area contributed by atoms with Crippen molar-refractivity contribution in [2.24, 2.45) is 4.58 Å². The minimum absolute atomic E-state index is 0.0219. The number of hydrogen-bond acceptors (Lipinski definition) is 4. The maximum Gasteiger partial charge on any atom is 0.304 e. The van der Waals surface area contributed by atoms with Crippen LogP contribution in [-0.2, 0) is 4.79 Å². The lowest BCUT2D eigenvalue weighted by Crippen LogP contribution is -2.40. The van der Waals surface area contributed by atoms with Crippen molar-refractivity contribution in [3.63, 3.8) is 0 Å². The summed E-state index contributed by atoms with van der Waals surface area (Å²) in [5.74, 6) is -0.894. The molecule has 0 radical (unpaired) electrons. The van der Waals surface area contributed by atoms with Gasteiger partial charge >= 0.3 is 5.97 Å². The number of rotatable bonds is 6. The van der Waals surface area contributed by atoms with E-state index in [1.54, 1.807) is 0 Å². The quantitative estimate of drug-likeness (QED) is 0.400. The lowest BCUT2D eigenvalue weighted by molar-refractivity contribution is -0.869. The van der Waals surface area contributed by atoms with Crippen LogP contribution in [0.5, 0.6) is 0 Å². The van der Waals surface area contributed by atoms with Gasteiger partial charge in [-0.3, -0.25) is 4.79 Å². The Morgan fingerprint density at radius 3 is 2.38 bits per heavy atom. The van der Waals surface area contributed by atoms with Gasteiger partial charge in [0.15, 0.2) is 0 Å². The van der Waals surface area contributed by atoms with Crippen LogP contribution >= 0.6 is 11.9 Å². The van der Waals surface area contributed by atoms with Crippen molar-refractivity contribution < 1.29 is 14.4 Å². The Morgan fingerprint density at radius 2 is 2.08 bits per heavy atom. The van der Waals surface area contributed by atoms with Crippen molar-refractivity contribution >= 4 is 17.9 Å². The molecule has 0 aromatic rings. The maximum absolute atomic E-state index is 10.4. The largest absolute Gasteiger partial charge is 0.481 e. The maximum atomic E-state index is 10.4. The number of aliphatic carboxylic acids is 1. The van der Waals surface area contributed by atoms with E-state index in [0.29, 0.717) is 11.0 Å². The Hall–Kier alpha value is -0.620. The van der Waals surface area contributed by atoms with E-state index in [1.165, 1.54) is 0 Å². The summed E-state index contributed by atoms with van der Waals surface area (Å²) in [5, 5.41) is 8.30. The predicted molar refractivity (Wildman–Crippen MR) is 52.3 cm³/mol. The molecule has 1 N–H and O–H groups in total. The molecule has 13 heavy (non-hydrogen) atoms. The fourth-order valence-electron chi connectivity index (χ4n) is 1.00. The van der Waals surface area contributed by atoms with Gasteiger partial charge in [0, 0.05) is 16.5 Å². The van der Waals surface area contributed by atoms with Gasteiger partial charge in [-0.2, -0.15) is 0 Å². The molecule has 76 valence electrons. The molecule has 0 aromatic carbocycles. The van der Waals surface area contributed by atoms with E-state index in [-0.39, 0.29) is 11.7 Å². The zero-order chi connectivity index (χ0) is 10.5. The number of carbonyl (C=O) groups is 1. The van der Waals surface area contributed by atoms with E-state index in [0.717, 1.165) is 11.9 Å². The Bertz CT molecular complexity index is 191. The van der Waals surface area contributed by atoms with Gasteiger partial charge in [-0.1, -0.05) is 0 Å². The second kappa shape index (κ2) is 5.18. The number of hydrogen-bond donors (Lipinski definition) is 1. The molecule has 0 spiro atoms. The highest BCUT2D eigenvalue weighted by Crippen LogP contribution is 2.17. The van der Waals surface area contributed by atoms with Crippen LogP contribution < -0.4 is 0 Å². The molecule has 0 aliphatic rings. The highest BCUT2D eigenvalue weighted by molar-refractivity contribution is 7.98. The van der Waals surface area contributed by atoms with Gasteiger partial charge < -0.3 is 9.59 Å². The minimum atomic E-state index is -0.894. The molecule has 0 fully saturated rings. The predicted octanol–water partition coefficient (Wildman–Crippen LogP) is 0.951. The summed E-state index contributed by atoms with van der Waals surface area (Å²) in [6.07, 6.45) is -0.0219. The molecule has 0 heterocycles. The van der Waals surface area contributed by atoms with Crippen molar-refractivity contribution in [2.75, 3.05) is 27.7 Å². The zero-order valence-electron chi connectivity index (χ0n) is 8.06. The van der Waals surface area contributed by atoms with E-state index in [4.69, 9.17) is 5.11 Å². The molecule has 0 saturated carbocycles. The third-order valence-electron chi connectivity index (χ3n) is 1.35. The summed E-state index contributed by atoms with van der Waals surface area (Å²) in [5.41, 5.74) is 0. The number of nitrogens with zero attached hydrogens (tertiary/aromatic N) is 2. The number of quaternary nitrogens is 1. The highest BCUT2D eigenvalue weighted by atomic mass is 32.2. The van der Waals surface area contributed by atoms with Crippen LogP contribution in [0.15, 0.2) is 4.58 Å². The summed E-state index contributed by atoms with van der Waals surface area (Å²) in [6.45, 7) is 0.614. The van der Waals surface area contributed by atoms with Crippen LogP contribution in [0, 0.1) is 4.91 Å². The average Bonchev–Trinajstić information content (AvgIpc) is 1.81. The molecule has 6 heteroatoms. The molecule has 0 aliphatic carbocycles. The van der Waals surface area contributed by atoms with E-state index < -0.39 is 5.97 Å². The average molecular weight is 207 g/mol. The van der Waals surface area contributed by atoms with Gasteiger partial charge in [-0.15, -0.1) is 4.91 Å². The standard InChI is InChI=1S/C7H14N2O3S/c1-9(2,3)5-6(13-8-12)4-7(10)11/h6H,4-5H2,1-3H3/p+1/t6-/m1/s1. The number of carboxylic acid groups (broad SMARTS) is 1. The molecule has 0 aliphatic heterocycles. The number of carboxylic acids is 1. The first-order valence-electron chi connectivity index (χ1n) is 3.86. The van der Waals surface area contributed by atoms with Gasteiger partial charge in [0.1, 0.15) is 0 Å². The molecule has 0 unspecified atom stereocenters. The van der Waals surface area contributed by atoms with Crippen LogP contribution in [0.4, 0.5) is 0 Å².